The molecule has 2 rings (SSSR count). The van der Waals surface area contributed by atoms with Crippen molar-refractivity contribution in [3.05, 3.63) is 64.7 Å². The molecule has 0 saturated carbocycles. The van der Waals surface area contributed by atoms with Gasteiger partial charge in [0.1, 0.15) is 5.82 Å². The Morgan fingerprint density at radius 1 is 1.39 bits per heavy atom. The number of nitrogens with zero attached hydrogens (tertiary/aromatic N) is 1. The second kappa shape index (κ2) is 5.60. The van der Waals surface area contributed by atoms with Crippen LogP contribution in [0.4, 0.5) is 4.39 Å². The largest absolute Gasteiger partial charge is 0.348 e. The topological polar surface area (TPSA) is 42.0 Å². The number of amides is 1. The van der Waals surface area contributed by atoms with E-state index in [1.165, 1.54) is 18.2 Å². The van der Waals surface area contributed by atoms with E-state index in [1.807, 2.05) is 6.07 Å². The van der Waals surface area contributed by atoms with E-state index in [4.69, 9.17) is 11.6 Å². The van der Waals surface area contributed by atoms with Gasteiger partial charge in [0, 0.05) is 24.0 Å². The van der Waals surface area contributed by atoms with Gasteiger partial charge in [0.15, 0.2) is 0 Å². The van der Waals surface area contributed by atoms with Crippen molar-refractivity contribution in [2.45, 2.75) is 6.54 Å². The maximum Gasteiger partial charge on any atom is 0.254 e. The highest BCUT2D eigenvalue weighted by atomic mass is 35.5. The molecular weight excluding hydrogens is 255 g/mol. The van der Waals surface area contributed by atoms with Crippen LogP contribution in [0.5, 0.6) is 0 Å². The summed E-state index contributed by atoms with van der Waals surface area (Å²) in [5.74, 6) is -1.10. The number of benzene rings is 1. The first-order valence-electron chi connectivity index (χ1n) is 5.29. The Bertz CT molecular complexity index is 560. The predicted molar refractivity (Wildman–Crippen MR) is 66.8 cm³/mol. The zero-order valence-corrected chi connectivity index (χ0v) is 10.1. The van der Waals surface area contributed by atoms with Gasteiger partial charge in [-0.2, -0.15) is 0 Å². The summed E-state index contributed by atoms with van der Waals surface area (Å²) in [6.07, 6.45) is 3.27. The van der Waals surface area contributed by atoms with Crippen molar-refractivity contribution in [1.82, 2.24) is 10.3 Å². The standard InChI is InChI=1S/C13H10ClFN2O/c14-10-3-4-12(15)11(6-10)13(18)17-8-9-2-1-5-16-7-9/h1-7H,8H2,(H,17,18). The molecule has 1 N–H and O–H groups in total. The zero-order valence-electron chi connectivity index (χ0n) is 9.36. The summed E-state index contributed by atoms with van der Waals surface area (Å²) in [5, 5.41) is 2.93. The fourth-order valence-electron chi connectivity index (χ4n) is 1.45. The quantitative estimate of drug-likeness (QED) is 0.926. The van der Waals surface area contributed by atoms with Gasteiger partial charge in [-0.05, 0) is 29.8 Å². The summed E-state index contributed by atoms with van der Waals surface area (Å²) in [6.45, 7) is 0.290. The lowest BCUT2D eigenvalue weighted by atomic mass is 10.2. The molecule has 0 aliphatic carbocycles. The molecule has 18 heavy (non-hydrogen) atoms. The van der Waals surface area contributed by atoms with E-state index >= 15 is 0 Å². The van der Waals surface area contributed by atoms with E-state index in [0.29, 0.717) is 11.6 Å². The molecule has 0 bridgehead atoms. The first-order valence-corrected chi connectivity index (χ1v) is 5.67. The Labute approximate surface area is 109 Å². The molecular formula is C13H10ClFN2O. The molecule has 5 heteroatoms. The van der Waals surface area contributed by atoms with Crippen molar-refractivity contribution in [3.63, 3.8) is 0 Å². The van der Waals surface area contributed by atoms with E-state index < -0.39 is 11.7 Å². The highest BCUT2D eigenvalue weighted by molar-refractivity contribution is 6.30. The molecule has 0 fully saturated rings. The predicted octanol–water partition coefficient (Wildman–Crippen LogP) is 2.80. The third-order valence-corrected chi connectivity index (χ3v) is 2.58. The molecule has 0 unspecified atom stereocenters. The van der Waals surface area contributed by atoms with E-state index in [1.54, 1.807) is 18.5 Å². The van der Waals surface area contributed by atoms with Crippen LogP contribution in [-0.4, -0.2) is 10.9 Å². The third kappa shape index (κ3) is 3.05. The first-order chi connectivity index (χ1) is 8.66. The number of pyridine rings is 1. The number of hydrogen-bond acceptors (Lipinski definition) is 2. The second-order valence-electron chi connectivity index (χ2n) is 3.67. The van der Waals surface area contributed by atoms with Crippen molar-refractivity contribution >= 4 is 17.5 Å². The normalized spacial score (nSPS) is 10.1. The average Bonchev–Trinajstić information content (AvgIpc) is 2.40. The van der Waals surface area contributed by atoms with Crippen molar-refractivity contribution in [2.24, 2.45) is 0 Å². The van der Waals surface area contributed by atoms with E-state index in [0.717, 1.165) is 5.56 Å². The fourth-order valence-corrected chi connectivity index (χ4v) is 1.62. The minimum atomic E-state index is -0.594. The number of carbonyl (C=O) groups excluding carboxylic acids is 1. The minimum absolute atomic E-state index is 0.0635. The molecule has 1 amide bonds. The highest BCUT2D eigenvalue weighted by Crippen LogP contribution is 2.14. The molecule has 1 aromatic carbocycles. The Morgan fingerprint density at radius 2 is 2.22 bits per heavy atom. The van der Waals surface area contributed by atoms with Gasteiger partial charge in [-0.3, -0.25) is 9.78 Å². The van der Waals surface area contributed by atoms with Crippen LogP contribution in [0.25, 0.3) is 0 Å². The average molecular weight is 265 g/mol. The molecule has 0 aliphatic rings. The molecule has 0 radical (unpaired) electrons. The molecule has 0 saturated heterocycles. The molecule has 0 aliphatic heterocycles. The number of nitrogens with one attached hydrogen (secondary N) is 1. The van der Waals surface area contributed by atoms with Crippen LogP contribution < -0.4 is 5.32 Å². The van der Waals surface area contributed by atoms with Crippen molar-refractivity contribution in [1.29, 1.82) is 0 Å². The lowest BCUT2D eigenvalue weighted by Crippen LogP contribution is -2.23. The second-order valence-corrected chi connectivity index (χ2v) is 4.10. The third-order valence-electron chi connectivity index (χ3n) is 2.35. The summed E-state index contributed by atoms with van der Waals surface area (Å²) in [6, 6.07) is 7.45. The summed E-state index contributed by atoms with van der Waals surface area (Å²) in [4.78, 5) is 15.7. The molecule has 3 nitrogen and oxygen atoms in total. The molecule has 0 spiro atoms. The Kier molecular flexibility index (Phi) is 3.89. The van der Waals surface area contributed by atoms with E-state index in [9.17, 15) is 9.18 Å². The monoisotopic (exact) mass is 264 g/mol. The van der Waals surface area contributed by atoms with Crippen LogP contribution in [0.15, 0.2) is 42.7 Å². The smallest absolute Gasteiger partial charge is 0.254 e. The van der Waals surface area contributed by atoms with Gasteiger partial charge in [-0.25, -0.2) is 4.39 Å². The van der Waals surface area contributed by atoms with Crippen LogP contribution in [0.3, 0.4) is 0 Å². The van der Waals surface area contributed by atoms with Gasteiger partial charge >= 0.3 is 0 Å². The number of rotatable bonds is 3. The van der Waals surface area contributed by atoms with Gasteiger partial charge in [-0.1, -0.05) is 17.7 Å². The summed E-state index contributed by atoms with van der Waals surface area (Å²) < 4.78 is 13.4. The van der Waals surface area contributed by atoms with E-state index in [2.05, 4.69) is 10.3 Å². The highest BCUT2D eigenvalue weighted by Gasteiger charge is 2.11. The number of aromatic nitrogens is 1. The summed E-state index contributed by atoms with van der Waals surface area (Å²) in [5.41, 5.74) is 0.777. The number of halogens is 2. The first kappa shape index (κ1) is 12.5. The van der Waals surface area contributed by atoms with Crippen LogP contribution in [-0.2, 0) is 6.54 Å². The molecule has 92 valence electrons. The van der Waals surface area contributed by atoms with Gasteiger partial charge in [0.25, 0.3) is 5.91 Å². The molecule has 1 heterocycles. The SMILES string of the molecule is O=C(NCc1cccnc1)c1cc(Cl)ccc1F. The van der Waals surface area contributed by atoms with Crippen LogP contribution in [0, 0.1) is 5.82 Å². The van der Waals surface area contributed by atoms with Crippen LogP contribution in [0.1, 0.15) is 15.9 Å². The van der Waals surface area contributed by atoms with Crippen molar-refractivity contribution in [3.8, 4) is 0 Å². The molecule has 0 atom stereocenters. The van der Waals surface area contributed by atoms with Crippen molar-refractivity contribution in [2.75, 3.05) is 0 Å². The Morgan fingerprint density at radius 3 is 2.94 bits per heavy atom. The maximum absolute atomic E-state index is 13.4. The zero-order chi connectivity index (χ0) is 13.0. The van der Waals surface area contributed by atoms with Crippen molar-refractivity contribution < 1.29 is 9.18 Å². The lowest BCUT2D eigenvalue weighted by Gasteiger charge is -2.06. The van der Waals surface area contributed by atoms with Crippen LogP contribution >= 0.6 is 11.6 Å². The number of hydrogen-bond donors (Lipinski definition) is 1. The van der Waals surface area contributed by atoms with Gasteiger partial charge < -0.3 is 5.32 Å². The molecule has 1 aromatic heterocycles. The Balaban J connectivity index is 2.06. The number of carbonyl (C=O) groups is 1. The summed E-state index contributed by atoms with van der Waals surface area (Å²) in [7, 11) is 0. The summed E-state index contributed by atoms with van der Waals surface area (Å²) >= 11 is 5.72. The van der Waals surface area contributed by atoms with Gasteiger partial charge in [0.2, 0.25) is 0 Å². The Hall–Kier alpha value is -1.94. The lowest BCUT2D eigenvalue weighted by molar-refractivity contribution is 0.0947. The molecule has 2 aromatic rings. The van der Waals surface area contributed by atoms with Crippen LogP contribution in [0.2, 0.25) is 5.02 Å². The van der Waals surface area contributed by atoms with Gasteiger partial charge in [0.05, 0.1) is 5.56 Å². The maximum atomic E-state index is 13.4. The van der Waals surface area contributed by atoms with Gasteiger partial charge in [-0.15, -0.1) is 0 Å². The van der Waals surface area contributed by atoms with E-state index in [-0.39, 0.29) is 5.56 Å². The fraction of sp³-hybridized carbons (Fsp3) is 0.0769. The minimum Gasteiger partial charge on any atom is -0.348 e.